The second-order valence-electron chi connectivity index (χ2n) is 5.02. The summed E-state index contributed by atoms with van der Waals surface area (Å²) in [6.07, 6.45) is 1.54. The lowest BCUT2D eigenvalue weighted by Crippen LogP contribution is -2.43. The Kier molecular flexibility index (Phi) is 5.50. The third-order valence-corrected chi connectivity index (χ3v) is 2.80. The van der Waals surface area contributed by atoms with Crippen molar-refractivity contribution in [2.45, 2.75) is 32.9 Å². The van der Waals surface area contributed by atoms with E-state index in [1.54, 1.807) is 24.9 Å². The summed E-state index contributed by atoms with van der Waals surface area (Å²) in [5, 5.41) is 7.46. The molecule has 0 amide bonds. The molecule has 0 aliphatic rings. The zero-order valence-corrected chi connectivity index (χ0v) is 12.3. The maximum atomic E-state index is 11.8. The van der Waals surface area contributed by atoms with Crippen molar-refractivity contribution >= 4 is 5.97 Å². The fraction of sp³-hybridized carbons (Fsp3) is 0.692. The highest BCUT2D eigenvalue weighted by Gasteiger charge is 2.21. The molecule has 0 saturated carbocycles. The van der Waals surface area contributed by atoms with Gasteiger partial charge in [0, 0.05) is 26.2 Å². The molecule has 0 aliphatic carbocycles. The lowest BCUT2D eigenvalue weighted by Gasteiger charge is -2.25. The minimum Gasteiger partial charge on any atom is -0.462 e. The number of ether oxygens (including phenoxy) is 2. The molecule has 0 bridgehead atoms. The van der Waals surface area contributed by atoms with Gasteiger partial charge in [0.2, 0.25) is 0 Å². The zero-order valence-electron chi connectivity index (χ0n) is 12.3. The number of nitrogens with one attached hydrogen (secondary N) is 1. The minimum atomic E-state index is -0.336. The molecule has 6 nitrogen and oxygen atoms in total. The highest BCUT2D eigenvalue weighted by atomic mass is 16.5. The van der Waals surface area contributed by atoms with Gasteiger partial charge in [-0.05, 0) is 20.8 Å². The van der Waals surface area contributed by atoms with E-state index in [1.165, 1.54) is 0 Å². The van der Waals surface area contributed by atoms with Crippen LogP contribution in [0.4, 0.5) is 0 Å². The number of aryl methyl sites for hydroxylation is 1. The molecule has 1 N–H and O–H groups in total. The van der Waals surface area contributed by atoms with Crippen LogP contribution in [-0.4, -0.2) is 41.6 Å². The van der Waals surface area contributed by atoms with Crippen LogP contribution in [0.1, 0.15) is 36.8 Å². The molecule has 1 rings (SSSR count). The van der Waals surface area contributed by atoms with Crippen LogP contribution in [0, 0.1) is 0 Å². The molecule has 1 aromatic rings. The van der Waals surface area contributed by atoms with E-state index in [1.807, 2.05) is 20.9 Å². The Morgan fingerprint density at radius 3 is 2.79 bits per heavy atom. The fourth-order valence-electron chi connectivity index (χ4n) is 1.79. The Morgan fingerprint density at radius 1 is 1.53 bits per heavy atom. The maximum absolute atomic E-state index is 11.8. The topological polar surface area (TPSA) is 65.4 Å². The van der Waals surface area contributed by atoms with Gasteiger partial charge < -0.3 is 14.8 Å². The number of hydrogen-bond donors (Lipinski definition) is 1. The highest BCUT2D eigenvalue weighted by molar-refractivity contribution is 5.90. The SMILES string of the molecule is CCOC(=O)c1cnn(C)c1CNC(C)(C)COC. The quantitative estimate of drug-likeness (QED) is 0.751. The van der Waals surface area contributed by atoms with Crippen molar-refractivity contribution in [1.82, 2.24) is 15.1 Å². The van der Waals surface area contributed by atoms with Crippen molar-refractivity contribution in [2.24, 2.45) is 7.05 Å². The number of hydrogen-bond acceptors (Lipinski definition) is 5. The summed E-state index contributed by atoms with van der Waals surface area (Å²) in [5.74, 6) is -0.336. The Hall–Kier alpha value is -1.40. The number of esters is 1. The normalized spacial score (nSPS) is 11.6. The first kappa shape index (κ1) is 15.7. The van der Waals surface area contributed by atoms with Gasteiger partial charge in [-0.15, -0.1) is 0 Å². The molecule has 1 aromatic heterocycles. The van der Waals surface area contributed by atoms with Gasteiger partial charge in [0.15, 0.2) is 0 Å². The third-order valence-electron chi connectivity index (χ3n) is 2.80. The van der Waals surface area contributed by atoms with Crippen LogP contribution in [0.25, 0.3) is 0 Å². The summed E-state index contributed by atoms with van der Waals surface area (Å²) in [6.45, 7) is 7.33. The van der Waals surface area contributed by atoms with Gasteiger partial charge in [0.05, 0.1) is 25.1 Å². The van der Waals surface area contributed by atoms with Crippen molar-refractivity contribution in [3.63, 3.8) is 0 Å². The molecule has 0 aromatic carbocycles. The molecule has 108 valence electrons. The van der Waals surface area contributed by atoms with Crippen LogP contribution in [0.5, 0.6) is 0 Å². The van der Waals surface area contributed by atoms with Gasteiger partial charge in [-0.25, -0.2) is 4.79 Å². The van der Waals surface area contributed by atoms with Gasteiger partial charge in [0.25, 0.3) is 0 Å². The van der Waals surface area contributed by atoms with Gasteiger partial charge in [0.1, 0.15) is 5.56 Å². The number of nitrogens with zero attached hydrogens (tertiary/aromatic N) is 2. The van der Waals surface area contributed by atoms with Crippen molar-refractivity contribution in [3.8, 4) is 0 Å². The smallest absolute Gasteiger partial charge is 0.341 e. The molecule has 0 unspecified atom stereocenters. The Morgan fingerprint density at radius 2 is 2.21 bits per heavy atom. The van der Waals surface area contributed by atoms with Gasteiger partial charge >= 0.3 is 5.97 Å². The lowest BCUT2D eigenvalue weighted by atomic mass is 10.1. The minimum absolute atomic E-state index is 0.176. The summed E-state index contributed by atoms with van der Waals surface area (Å²) < 4.78 is 11.8. The van der Waals surface area contributed by atoms with Gasteiger partial charge in [-0.1, -0.05) is 0 Å². The first-order valence-electron chi connectivity index (χ1n) is 6.33. The molecule has 0 saturated heterocycles. The Bertz CT molecular complexity index is 427. The van der Waals surface area contributed by atoms with E-state index < -0.39 is 0 Å². The molecule has 0 aliphatic heterocycles. The lowest BCUT2D eigenvalue weighted by molar-refractivity contribution is 0.0524. The van der Waals surface area contributed by atoms with Gasteiger partial charge in [-0.3, -0.25) is 4.68 Å². The fourth-order valence-corrected chi connectivity index (χ4v) is 1.79. The monoisotopic (exact) mass is 269 g/mol. The molecule has 0 spiro atoms. The van der Waals surface area contributed by atoms with Crippen LogP contribution < -0.4 is 5.32 Å². The predicted molar refractivity (Wildman–Crippen MR) is 72.0 cm³/mol. The molecule has 0 atom stereocenters. The van der Waals surface area contributed by atoms with Gasteiger partial charge in [-0.2, -0.15) is 5.10 Å². The van der Waals surface area contributed by atoms with E-state index in [2.05, 4.69) is 10.4 Å². The van der Waals surface area contributed by atoms with Crippen molar-refractivity contribution in [1.29, 1.82) is 0 Å². The van der Waals surface area contributed by atoms with E-state index in [4.69, 9.17) is 9.47 Å². The summed E-state index contributed by atoms with van der Waals surface area (Å²) >= 11 is 0. The number of methoxy groups -OCH3 is 1. The largest absolute Gasteiger partial charge is 0.462 e. The molecule has 6 heteroatoms. The molecular weight excluding hydrogens is 246 g/mol. The molecule has 0 radical (unpaired) electrons. The van der Waals surface area contributed by atoms with E-state index >= 15 is 0 Å². The molecule has 1 heterocycles. The molecular formula is C13H23N3O3. The summed E-state index contributed by atoms with van der Waals surface area (Å²) in [5.41, 5.74) is 1.14. The van der Waals surface area contributed by atoms with Crippen molar-refractivity contribution < 1.29 is 14.3 Å². The van der Waals surface area contributed by atoms with Crippen LogP contribution in [0.15, 0.2) is 6.20 Å². The summed E-state index contributed by atoms with van der Waals surface area (Å²) in [6, 6.07) is 0. The highest BCUT2D eigenvalue weighted by Crippen LogP contribution is 2.11. The maximum Gasteiger partial charge on any atom is 0.341 e. The van der Waals surface area contributed by atoms with Crippen LogP contribution in [-0.2, 0) is 23.1 Å². The first-order valence-corrected chi connectivity index (χ1v) is 6.33. The standard InChI is InChI=1S/C13H23N3O3/c1-6-19-12(17)10-7-15-16(4)11(10)8-14-13(2,3)9-18-5/h7,14H,6,8-9H2,1-5H3. The number of rotatable bonds is 7. The average molecular weight is 269 g/mol. The summed E-state index contributed by atoms with van der Waals surface area (Å²) in [4.78, 5) is 11.8. The van der Waals surface area contributed by atoms with E-state index in [9.17, 15) is 4.79 Å². The van der Waals surface area contributed by atoms with Crippen LogP contribution in [0.2, 0.25) is 0 Å². The number of carbonyl (C=O) groups excluding carboxylic acids is 1. The van der Waals surface area contributed by atoms with E-state index in [0.29, 0.717) is 25.3 Å². The second kappa shape index (κ2) is 6.68. The first-order chi connectivity index (χ1) is 8.91. The van der Waals surface area contributed by atoms with E-state index in [-0.39, 0.29) is 11.5 Å². The number of carbonyl (C=O) groups is 1. The second-order valence-corrected chi connectivity index (χ2v) is 5.02. The molecule has 19 heavy (non-hydrogen) atoms. The van der Waals surface area contributed by atoms with Crippen LogP contribution >= 0.6 is 0 Å². The Balaban J connectivity index is 2.78. The van der Waals surface area contributed by atoms with E-state index in [0.717, 1.165) is 5.69 Å². The third kappa shape index (κ3) is 4.33. The number of aromatic nitrogens is 2. The van der Waals surface area contributed by atoms with Crippen molar-refractivity contribution in [3.05, 3.63) is 17.5 Å². The van der Waals surface area contributed by atoms with Crippen molar-refractivity contribution in [2.75, 3.05) is 20.3 Å². The predicted octanol–water partition coefficient (Wildman–Crippen LogP) is 1.11. The van der Waals surface area contributed by atoms with Crippen LogP contribution in [0.3, 0.4) is 0 Å². The summed E-state index contributed by atoms with van der Waals surface area (Å²) in [7, 11) is 3.47. The zero-order chi connectivity index (χ0) is 14.5. The average Bonchev–Trinajstić information content (AvgIpc) is 2.68. The molecule has 0 fully saturated rings. The Labute approximate surface area is 114 Å².